The Morgan fingerprint density at radius 1 is 1.25 bits per heavy atom. The lowest BCUT2D eigenvalue weighted by Gasteiger charge is -2.05. The third-order valence-electron chi connectivity index (χ3n) is 4.49. The number of nitrogens with one attached hydrogen (secondary N) is 2. The SMILES string of the molecule is Cc1cccc(Nc2nnc(SCC(=O)c3ccc4c(c3)[C@H](C)C(=O)N4)s2)c1. The highest BCUT2D eigenvalue weighted by molar-refractivity contribution is 8.01. The average molecular weight is 411 g/mol. The number of anilines is 3. The molecule has 0 radical (unpaired) electrons. The highest BCUT2D eigenvalue weighted by Gasteiger charge is 2.27. The molecule has 0 fully saturated rings. The number of carbonyl (C=O) groups is 2. The summed E-state index contributed by atoms with van der Waals surface area (Å²) in [5.74, 6) is 0.0150. The van der Waals surface area contributed by atoms with Crippen molar-refractivity contribution in [1.29, 1.82) is 0 Å². The summed E-state index contributed by atoms with van der Waals surface area (Å²) in [6, 6.07) is 13.4. The number of nitrogens with zero attached hydrogens (tertiary/aromatic N) is 2. The quantitative estimate of drug-likeness (QED) is 0.456. The highest BCUT2D eigenvalue weighted by atomic mass is 32.2. The number of aryl methyl sites for hydroxylation is 1. The van der Waals surface area contributed by atoms with Crippen LogP contribution in [0.2, 0.25) is 0 Å². The maximum atomic E-state index is 12.6. The minimum atomic E-state index is -0.228. The molecule has 8 heteroatoms. The van der Waals surface area contributed by atoms with Crippen LogP contribution in [0.4, 0.5) is 16.5 Å². The molecule has 2 heterocycles. The summed E-state index contributed by atoms with van der Waals surface area (Å²) in [4.78, 5) is 24.3. The molecular formula is C20H18N4O2S2. The number of hydrogen-bond donors (Lipinski definition) is 2. The summed E-state index contributed by atoms with van der Waals surface area (Å²) in [7, 11) is 0. The first-order valence-corrected chi connectivity index (χ1v) is 10.6. The lowest BCUT2D eigenvalue weighted by molar-refractivity contribution is -0.116. The van der Waals surface area contributed by atoms with Gasteiger partial charge in [0.15, 0.2) is 10.1 Å². The Labute approximate surface area is 170 Å². The van der Waals surface area contributed by atoms with Crippen LogP contribution in [0.3, 0.4) is 0 Å². The zero-order valence-electron chi connectivity index (χ0n) is 15.4. The van der Waals surface area contributed by atoms with E-state index in [1.165, 1.54) is 23.1 Å². The van der Waals surface area contributed by atoms with Crippen LogP contribution in [0.25, 0.3) is 0 Å². The minimum absolute atomic E-state index is 0.00254. The lowest BCUT2D eigenvalue weighted by Crippen LogP contribution is -2.08. The van der Waals surface area contributed by atoms with E-state index in [1.807, 2.05) is 44.2 Å². The van der Waals surface area contributed by atoms with Gasteiger partial charge in [-0.1, -0.05) is 35.2 Å². The Kier molecular flexibility index (Phi) is 5.15. The summed E-state index contributed by atoms with van der Waals surface area (Å²) in [6.07, 6.45) is 0. The van der Waals surface area contributed by atoms with Crippen molar-refractivity contribution in [2.45, 2.75) is 24.1 Å². The van der Waals surface area contributed by atoms with Crippen molar-refractivity contribution in [1.82, 2.24) is 10.2 Å². The standard InChI is InChI=1S/C20H18N4O2S2/c1-11-4-3-5-14(8-11)21-19-23-24-20(28-19)27-10-17(25)13-6-7-16-15(9-13)12(2)18(26)22-16/h3-9,12H,10H2,1-2H3,(H,21,23)(H,22,26)/t12-/m0/s1. The molecule has 2 aromatic carbocycles. The van der Waals surface area contributed by atoms with Gasteiger partial charge in [0.05, 0.1) is 11.7 Å². The van der Waals surface area contributed by atoms with Gasteiger partial charge in [0.1, 0.15) is 0 Å². The minimum Gasteiger partial charge on any atom is -0.330 e. The second-order valence-electron chi connectivity index (χ2n) is 6.59. The van der Waals surface area contributed by atoms with Crippen LogP contribution >= 0.6 is 23.1 Å². The van der Waals surface area contributed by atoms with E-state index in [0.717, 1.165) is 26.8 Å². The maximum absolute atomic E-state index is 12.6. The van der Waals surface area contributed by atoms with Crippen molar-refractivity contribution in [3.8, 4) is 0 Å². The van der Waals surface area contributed by atoms with Crippen LogP contribution in [0.1, 0.15) is 34.3 Å². The third-order valence-corrected chi connectivity index (χ3v) is 6.47. The van der Waals surface area contributed by atoms with Gasteiger partial charge < -0.3 is 10.6 Å². The Bertz CT molecular complexity index is 1060. The molecule has 142 valence electrons. The van der Waals surface area contributed by atoms with Gasteiger partial charge in [-0.25, -0.2) is 0 Å². The van der Waals surface area contributed by atoms with Crippen molar-refractivity contribution in [3.05, 3.63) is 59.2 Å². The first kappa shape index (κ1) is 18.6. The van der Waals surface area contributed by atoms with E-state index in [9.17, 15) is 9.59 Å². The van der Waals surface area contributed by atoms with E-state index in [1.54, 1.807) is 12.1 Å². The van der Waals surface area contributed by atoms with E-state index < -0.39 is 0 Å². The third kappa shape index (κ3) is 3.93. The Morgan fingerprint density at radius 2 is 2.11 bits per heavy atom. The van der Waals surface area contributed by atoms with Crippen LogP contribution in [0.5, 0.6) is 0 Å². The maximum Gasteiger partial charge on any atom is 0.231 e. The molecule has 1 aromatic heterocycles. The Morgan fingerprint density at radius 3 is 2.93 bits per heavy atom. The fraction of sp³-hybridized carbons (Fsp3) is 0.200. The largest absolute Gasteiger partial charge is 0.330 e. The summed E-state index contributed by atoms with van der Waals surface area (Å²) in [5.41, 5.74) is 4.39. The zero-order valence-corrected chi connectivity index (χ0v) is 17.0. The van der Waals surface area contributed by atoms with E-state index >= 15 is 0 Å². The highest BCUT2D eigenvalue weighted by Crippen LogP contribution is 2.33. The van der Waals surface area contributed by atoms with E-state index in [4.69, 9.17) is 0 Å². The number of thioether (sulfide) groups is 1. The van der Waals surface area contributed by atoms with Gasteiger partial charge in [-0.15, -0.1) is 10.2 Å². The van der Waals surface area contributed by atoms with Gasteiger partial charge in [-0.05, 0) is 55.3 Å². The number of ketones is 1. The van der Waals surface area contributed by atoms with Gasteiger partial charge in [-0.2, -0.15) is 0 Å². The van der Waals surface area contributed by atoms with E-state index in [-0.39, 0.29) is 23.4 Å². The predicted molar refractivity (Wildman–Crippen MR) is 113 cm³/mol. The summed E-state index contributed by atoms with van der Waals surface area (Å²) < 4.78 is 0.731. The van der Waals surface area contributed by atoms with Gasteiger partial charge in [0.2, 0.25) is 11.0 Å². The van der Waals surface area contributed by atoms with Crippen LogP contribution in [0, 0.1) is 6.92 Å². The normalized spacial score (nSPS) is 15.2. The first-order chi connectivity index (χ1) is 13.5. The van der Waals surface area contributed by atoms with Gasteiger partial charge in [0.25, 0.3) is 0 Å². The van der Waals surface area contributed by atoms with E-state index in [2.05, 4.69) is 20.8 Å². The van der Waals surface area contributed by atoms with Crippen LogP contribution < -0.4 is 10.6 Å². The molecule has 0 unspecified atom stereocenters. The molecule has 0 spiro atoms. The smallest absolute Gasteiger partial charge is 0.231 e. The molecule has 0 aliphatic carbocycles. The van der Waals surface area contributed by atoms with Crippen LogP contribution in [0.15, 0.2) is 46.8 Å². The molecule has 1 amide bonds. The molecule has 4 rings (SSSR count). The lowest BCUT2D eigenvalue weighted by atomic mass is 9.99. The Balaban J connectivity index is 1.38. The number of amides is 1. The second kappa shape index (κ2) is 7.73. The molecule has 6 nitrogen and oxygen atoms in total. The second-order valence-corrected chi connectivity index (χ2v) is 8.79. The van der Waals surface area contributed by atoms with Crippen LogP contribution in [-0.2, 0) is 4.79 Å². The molecule has 0 saturated carbocycles. The molecule has 1 aliphatic heterocycles. The van der Waals surface area contributed by atoms with Gasteiger partial charge in [0, 0.05) is 16.9 Å². The topological polar surface area (TPSA) is 84.0 Å². The molecular weight excluding hydrogens is 392 g/mol. The number of fused-ring (bicyclic) bond motifs is 1. The summed E-state index contributed by atoms with van der Waals surface area (Å²) in [5, 5.41) is 15.0. The van der Waals surface area contributed by atoms with Gasteiger partial charge >= 0.3 is 0 Å². The molecule has 2 N–H and O–H groups in total. The van der Waals surface area contributed by atoms with Gasteiger partial charge in [-0.3, -0.25) is 9.59 Å². The fourth-order valence-corrected chi connectivity index (χ4v) is 4.63. The number of hydrogen-bond acceptors (Lipinski definition) is 7. The predicted octanol–water partition coefficient (Wildman–Crippen LogP) is 4.62. The summed E-state index contributed by atoms with van der Waals surface area (Å²) >= 11 is 2.78. The van der Waals surface area contributed by atoms with Crippen molar-refractivity contribution >= 4 is 51.3 Å². The van der Waals surface area contributed by atoms with Crippen molar-refractivity contribution < 1.29 is 9.59 Å². The molecule has 1 aliphatic rings. The molecule has 1 atom stereocenters. The van der Waals surface area contributed by atoms with Crippen molar-refractivity contribution in [3.63, 3.8) is 0 Å². The molecule has 3 aromatic rings. The average Bonchev–Trinajstić information content (AvgIpc) is 3.24. The Hall–Kier alpha value is -2.71. The fourth-order valence-electron chi connectivity index (χ4n) is 2.97. The molecule has 0 bridgehead atoms. The number of benzene rings is 2. The first-order valence-electron chi connectivity index (χ1n) is 8.77. The monoisotopic (exact) mass is 410 g/mol. The molecule has 28 heavy (non-hydrogen) atoms. The number of carbonyl (C=O) groups excluding carboxylic acids is 2. The number of Topliss-reactive ketones (excluding diaryl/α,β-unsaturated/α-hetero) is 1. The van der Waals surface area contributed by atoms with Crippen molar-refractivity contribution in [2.75, 3.05) is 16.4 Å². The molecule has 0 saturated heterocycles. The number of aromatic nitrogens is 2. The van der Waals surface area contributed by atoms with Crippen LogP contribution in [-0.4, -0.2) is 27.6 Å². The zero-order chi connectivity index (χ0) is 19.7. The summed E-state index contributed by atoms with van der Waals surface area (Å²) in [6.45, 7) is 3.87. The number of rotatable bonds is 6. The van der Waals surface area contributed by atoms with E-state index in [0.29, 0.717) is 10.7 Å². The van der Waals surface area contributed by atoms with Crippen molar-refractivity contribution in [2.24, 2.45) is 0 Å².